The highest BCUT2D eigenvalue weighted by Gasteiger charge is 2.29. The van der Waals surface area contributed by atoms with E-state index in [1.807, 2.05) is 13.8 Å². The Balaban J connectivity index is 2.68. The van der Waals surface area contributed by atoms with E-state index in [-0.39, 0.29) is 17.7 Å². The van der Waals surface area contributed by atoms with Gasteiger partial charge in [0.1, 0.15) is 0 Å². The van der Waals surface area contributed by atoms with E-state index < -0.39 is 0 Å². The van der Waals surface area contributed by atoms with Gasteiger partial charge in [-0.2, -0.15) is 0 Å². The summed E-state index contributed by atoms with van der Waals surface area (Å²) in [7, 11) is 0. The van der Waals surface area contributed by atoms with Crippen LogP contribution in [-0.4, -0.2) is 29.2 Å². The molecule has 0 aromatic heterocycles. The van der Waals surface area contributed by atoms with Crippen molar-refractivity contribution in [3.63, 3.8) is 0 Å². The Morgan fingerprint density at radius 1 is 1.35 bits per heavy atom. The van der Waals surface area contributed by atoms with Crippen LogP contribution in [0, 0.1) is 11.8 Å². The van der Waals surface area contributed by atoms with Crippen molar-refractivity contribution in [2.45, 2.75) is 59.4 Å². The third-order valence-electron chi connectivity index (χ3n) is 4.01. The van der Waals surface area contributed by atoms with E-state index in [2.05, 4.69) is 13.8 Å². The molecule has 0 radical (unpaired) electrons. The lowest BCUT2D eigenvalue weighted by Crippen LogP contribution is -2.42. The molecule has 2 atom stereocenters. The fourth-order valence-corrected chi connectivity index (χ4v) is 2.57. The summed E-state index contributed by atoms with van der Waals surface area (Å²) in [6.07, 6.45) is 3.12. The minimum Gasteiger partial charge on any atom is -0.333 e. The standard InChI is InChI=1S/C14H25NO2/c1-5-13(16)11(4)15-9-8-12(10(2)3)6-7-14(15)17/h10-12H,5-9H2,1-4H3. The first-order chi connectivity index (χ1) is 7.97. The number of likely N-dealkylation sites (tertiary alicyclic amines) is 1. The van der Waals surface area contributed by atoms with Gasteiger partial charge in [0.15, 0.2) is 5.78 Å². The molecule has 0 N–H and O–H groups in total. The summed E-state index contributed by atoms with van der Waals surface area (Å²) < 4.78 is 0. The molecule has 1 fully saturated rings. The molecule has 0 bridgehead atoms. The number of hydrogen-bond donors (Lipinski definition) is 0. The highest BCUT2D eigenvalue weighted by Crippen LogP contribution is 2.26. The number of rotatable bonds is 4. The number of nitrogens with zero attached hydrogens (tertiary/aromatic N) is 1. The van der Waals surface area contributed by atoms with E-state index in [0.29, 0.717) is 24.7 Å². The van der Waals surface area contributed by atoms with Gasteiger partial charge in [-0.1, -0.05) is 20.8 Å². The van der Waals surface area contributed by atoms with Crippen molar-refractivity contribution in [3.8, 4) is 0 Å². The van der Waals surface area contributed by atoms with Crippen LogP contribution in [0.1, 0.15) is 53.4 Å². The normalized spacial score (nSPS) is 23.7. The molecular formula is C14H25NO2. The maximum Gasteiger partial charge on any atom is 0.223 e. The van der Waals surface area contributed by atoms with Crippen molar-refractivity contribution in [1.82, 2.24) is 4.90 Å². The average Bonchev–Trinajstić information content (AvgIpc) is 2.49. The molecule has 3 heteroatoms. The topological polar surface area (TPSA) is 37.4 Å². The maximum absolute atomic E-state index is 12.0. The van der Waals surface area contributed by atoms with E-state index in [0.717, 1.165) is 19.4 Å². The van der Waals surface area contributed by atoms with E-state index in [9.17, 15) is 9.59 Å². The molecule has 98 valence electrons. The highest BCUT2D eigenvalue weighted by molar-refractivity contribution is 5.88. The van der Waals surface area contributed by atoms with Crippen LogP contribution in [0.25, 0.3) is 0 Å². The second-order valence-electron chi connectivity index (χ2n) is 5.41. The molecule has 0 saturated carbocycles. The van der Waals surface area contributed by atoms with Crippen molar-refractivity contribution in [2.24, 2.45) is 11.8 Å². The first-order valence-corrected chi connectivity index (χ1v) is 6.79. The van der Waals surface area contributed by atoms with Gasteiger partial charge in [0, 0.05) is 19.4 Å². The molecule has 1 heterocycles. The smallest absolute Gasteiger partial charge is 0.223 e. The molecule has 17 heavy (non-hydrogen) atoms. The summed E-state index contributed by atoms with van der Waals surface area (Å²) in [5, 5.41) is 0. The van der Waals surface area contributed by atoms with Crippen LogP contribution >= 0.6 is 0 Å². The number of Topliss-reactive ketones (excluding diaryl/α,β-unsaturated/α-hetero) is 1. The largest absolute Gasteiger partial charge is 0.333 e. The lowest BCUT2D eigenvalue weighted by molar-refractivity contribution is -0.138. The Kier molecular flexibility index (Phi) is 5.16. The van der Waals surface area contributed by atoms with Gasteiger partial charge >= 0.3 is 0 Å². The summed E-state index contributed by atoms with van der Waals surface area (Å²) in [4.78, 5) is 25.5. The SMILES string of the molecule is CCC(=O)C(C)N1CCC(C(C)C)CCC1=O. The van der Waals surface area contributed by atoms with Crippen LogP contribution < -0.4 is 0 Å². The Hall–Kier alpha value is -0.860. The molecule has 1 saturated heterocycles. The molecule has 1 aliphatic rings. The predicted molar refractivity (Wildman–Crippen MR) is 68.7 cm³/mol. The van der Waals surface area contributed by atoms with E-state index in [1.54, 1.807) is 4.90 Å². The van der Waals surface area contributed by atoms with Crippen LogP contribution in [0.4, 0.5) is 0 Å². The second kappa shape index (κ2) is 6.18. The zero-order chi connectivity index (χ0) is 13.0. The summed E-state index contributed by atoms with van der Waals surface area (Å²) in [6.45, 7) is 8.89. The minimum atomic E-state index is -0.238. The van der Waals surface area contributed by atoms with Gasteiger partial charge in [0.25, 0.3) is 0 Å². The quantitative estimate of drug-likeness (QED) is 0.756. The molecule has 1 rings (SSSR count). The molecule has 0 aromatic rings. The van der Waals surface area contributed by atoms with Crippen LogP contribution in [0.2, 0.25) is 0 Å². The van der Waals surface area contributed by atoms with Crippen molar-refractivity contribution in [1.29, 1.82) is 0 Å². The molecule has 0 aliphatic carbocycles. The number of amides is 1. The Morgan fingerprint density at radius 3 is 2.53 bits per heavy atom. The molecular weight excluding hydrogens is 214 g/mol. The molecule has 1 aliphatic heterocycles. The van der Waals surface area contributed by atoms with Crippen LogP contribution in [0.3, 0.4) is 0 Å². The zero-order valence-corrected chi connectivity index (χ0v) is 11.5. The fraction of sp³-hybridized carbons (Fsp3) is 0.857. The van der Waals surface area contributed by atoms with Gasteiger partial charge in [0.2, 0.25) is 5.91 Å². The molecule has 1 amide bonds. The second-order valence-corrected chi connectivity index (χ2v) is 5.41. The lowest BCUT2D eigenvalue weighted by Gasteiger charge is -2.27. The third kappa shape index (κ3) is 3.55. The Labute approximate surface area is 105 Å². The van der Waals surface area contributed by atoms with Crippen molar-refractivity contribution < 1.29 is 9.59 Å². The lowest BCUT2D eigenvalue weighted by atomic mass is 9.89. The van der Waals surface area contributed by atoms with Gasteiger partial charge in [-0.15, -0.1) is 0 Å². The average molecular weight is 239 g/mol. The molecule has 3 nitrogen and oxygen atoms in total. The van der Waals surface area contributed by atoms with Gasteiger partial charge < -0.3 is 4.90 Å². The number of carbonyl (C=O) groups excluding carboxylic acids is 2. The summed E-state index contributed by atoms with van der Waals surface area (Å²) in [6, 6.07) is -0.238. The number of carbonyl (C=O) groups is 2. The minimum absolute atomic E-state index is 0.155. The fourth-order valence-electron chi connectivity index (χ4n) is 2.57. The molecule has 2 unspecified atom stereocenters. The van der Waals surface area contributed by atoms with Crippen molar-refractivity contribution in [3.05, 3.63) is 0 Å². The molecule has 0 spiro atoms. The first-order valence-electron chi connectivity index (χ1n) is 6.79. The Morgan fingerprint density at radius 2 is 2.00 bits per heavy atom. The van der Waals surface area contributed by atoms with Crippen LogP contribution in [0.5, 0.6) is 0 Å². The van der Waals surface area contributed by atoms with E-state index in [4.69, 9.17) is 0 Å². The maximum atomic E-state index is 12.0. The third-order valence-corrected chi connectivity index (χ3v) is 4.01. The molecule has 0 aromatic carbocycles. The van der Waals surface area contributed by atoms with Gasteiger partial charge in [-0.25, -0.2) is 0 Å². The van der Waals surface area contributed by atoms with Gasteiger partial charge in [-0.3, -0.25) is 9.59 Å². The first kappa shape index (κ1) is 14.2. The zero-order valence-electron chi connectivity index (χ0n) is 11.5. The summed E-state index contributed by atoms with van der Waals surface area (Å²) in [5.41, 5.74) is 0. The van der Waals surface area contributed by atoms with Gasteiger partial charge in [0.05, 0.1) is 6.04 Å². The van der Waals surface area contributed by atoms with Crippen LogP contribution in [0.15, 0.2) is 0 Å². The van der Waals surface area contributed by atoms with Crippen LogP contribution in [-0.2, 0) is 9.59 Å². The van der Waals surface area contributed by atoms with Gasteiger partial charge in [-0.05, 0) is 31.6 Å². The summed E-state index contributed by atoms with van der Waals surface area (Å²) >= 11 is 0. The summed E-state index contributed by atoms with van der Waals surface area (Å²) in [5.74, 6) is 1.57. The van der Waals surface area contributed by atoms with E-state index in [1.165, 1.54) is 0 Å². The predicted octanol–water partition coefficient (Wildman–Crippen LogP) is 2.64. The van der Waals surface area contributed by atoms with E-state index >= 15 is 0 Å². The van der Waals surface area contributed by atoms with Crippen molar-refractivity contribution in [2.75, 3.05) is 6.54 Å². The number of ketones is 1. The highest BCUT2D eigenvalue weighted by atomic mass is 16.2. The van der Waals surface area contributed by atoms with Crippen molar-refractivity contribution >= 4 is 11.7 Å². The monoisotopic (exact) mass is 239 g/mol. The Bertz CT molecular complexity index is 286. The number of hydrogen-bond acceptors (Lipinski definition) is 2.